The van der Waals surface area contributed by atoms with Crippen LogP contribution in [0.4, 0.5) is 4.39 Å². The monoisotopic (exact) mass is 245 g/mol. The average molecular weight is 245 g/mol. The van der Waals surface area contributed by atoms with Gasteiger partial charge in [-0.3, -0.25) is 9.48 Å². The normalized spacial score (nSPS) is 10.9. The molecule has 0 unspecified atom stereocenters. The Morgan fingerprint density at radius 3 is 2.94 bits per heavy atom. The van der Waals surface area contributed by atoms with Gasteiger partial charge < -0.3 is 0 Å². The lowest BCUT2D eigenvalue weighted by Gasteiger charge is -2.02. The lowest BCUT2D eigenvalue weighted by Crippen LogP contribution is -2.08. The van der Waals surface area contributed by atoms with E-state index in [2.05, 4.69) is 20.5 Å². The Balaban J connectivity index is 2.04. The van der Waals surface area contributed by atoms with Gasteiger partial charge >= 0.3 is 0 Å². The van der Waals surface area contributed by atoms with E-state index in [0.717, 1.165) is 0 Å². The molecule has 6 nitrogen and oxygen atoms in total. The standard InChI is InChI=1S/C11H8FN5O/c12-9-4-2-1-3-7(9)5-17-6-8-10(15-17)13-16-14-11(8)18/h1-4,6H,5H2,(H,13,14,15,18). The van der Waals surface area contributed by atoms with Gasteiger partial charge in [-0.2, -0.15) is 0 Å². The summed E-state index contributed by atoms with van der Waals surface area (Å²) in [5.41, 5.74) is 0.379. The van der Waals surface area contributed by atoms with Gasteiger partial charge in [-0.05, 0) is 6.07 Å². The fourth-order valence-electron chi connectivity index (χ4n) is 1.71. The summed E-state index contributed by atoms with van der Waals surface area (Å²) < 4.78 is 14.9. The van der Waals surface area contributed by atoms with E-state index in [9.17, 15) is 9.18 Å². The minimum Gasteiger partial charge on any atom is -0.267 e. The molecule has 0 fully saturated rings. The van der Waals surface area contributed by atoms with E-state index in [1.165, 1.54) is 16.9 Å². The maximum atomic E-state index is 13.5. The van der Waals surface area contributed by atoms with E-state index in [1.54, 1.807) is 18.2 Å². The number of halogens is 1. The predicted octanol–water partition coefficient (Wildman–Crippen LogP) is 0.702. The summed E-state index contributed by atoms with van der Waals surface area (Å²) >= 11 is 0. The highest BCUT2D eigenvalue weighted by Crippen LogP contribution is 2.09. The number of benzene rings is 1. The van der Waals surface area contributed by atoms with Gasteiger partial charge in [0.05, 0.1) is 6.54 Å². The summed E-state index contributed by atoms with van der Waals surface area (Å²) in [6.45, 7) is 0.239. The van der Waals surface area contributed by atoms with Gasteiger partial charge in [-0.15, -0.1) is 10.2 Å². The van der Waals surface area contributed by atoms with Crippen molar-refractivity contribution in [2.24, 2.45) is 0 Å². The Morgan fingerprint density at radius 1 is 1.33 bits per heavy atom. The van der Waals surface area contributed by atoms with Crippen LogP contribution in [0.25, 0.3) is 11.0 Å². The van der Waals surface area contributed by atoms with Crippen molar-refractivity contribution in [1.82, 2.24) is 25.2 Å². The third-order valence-electron chi connectivity index (χ3n) is 2.57. The van der Waals surface area contributed by atoms with Crippen LogP contribution in [0.1, 0.15) is 5.56 Å². The SMILES string of the molecule is O=c1[nH]nnc2nn(Cc3ccccc3F)cc12. The van der Waals surface area contributed by atoms with Crippen LogP contribution < -0.4 is 5.56 Å². The van der Waals surface area contributed by atoms with Crippen LogP contribution in [-0.4, -0.2) is 25.2 Å². The van der Waals surface area contributed by atoms with Crippen molar-refractivity contribution in [2.75, 3.05) is 0 Å². The van der Waals surface area contributed by atoms with Gasteiger partial charge in [-0.1, -0.05) is 23.4 Å². The average Bonchev–Trinajstić information content (AvgIpc) is 2.76. The van der Waals surface area contributed by atoms with Crippen LogP contribution in [0.3, 0.4) is 0 Å². The zero-order chi connectivity index (χ0) is 12.5. The molecule has 0 aliphatic heterocycles. The van der Waals surface area contributed by atoms with Crippen molar-refractivity contribution in [1.29, 1.82) is 0 Å². The molecule has 0 saturated heterocycles. The maximum absolute atomic E-state index is 13.5. The second kappa shape index (κ2) is 4.02. The van der Waals surface area contributed by atoms with Crippen molar-refractivity contribution in [2.45, 2.75) is 6.54 Å². The Labute approximate surface area is 100 Å². The van der Waals surface area contributed by atoms with E-state index >= 15 is 0 Å². The third-order valence-corrected chi connectivity index (χ3v) is 2.57. The topological polar surface area (TPSA) is 76.5 Å². The Morgan fingerprint density at radius 2 is 2.17 bits per heavy atom. The Bertz CT molecular complexity index is 763. The Kier molecular flexibility index (Phi) is 2.36. The van der Waals surface area contributed by atoms with E-state index in [4.69, 9.17) is 0 Å². The summed E-state index contributed by atoms with van der Waals surface area (Å²) in [5, 5.41) is 13.7. The predicted molar refractivity (Wildman–Crippen MR) is 61.4 cm³/mol. The number of aromatic nitrogens is 5. The fraction of sp³-hybridized carbons (Fsp3) is 0.0909. The van der Waals surface area contributed by atoms with Gasteiger partial charge in [0.25, 0.3) is 5.56 Å². The Hall–Kier alpha value is -2.57. The van der Waals surface area contributed by atoms with Crippen molar-refractivity contribution in [3.63, 3.8) is 0 Å². The number of H-pyrrole nitrogens is 1. The first-order chi connectivity index (χ1) is 8.74. The van der Waals surface area contributed by atoms with Gasteiger partial charge in [-0.25, -0.2) is 9.49 Å². The van der Waals surface area contributed by atoms with Crippen molar-refractivity contribution in [3.8, 4) is 0 Å². The number of hydrogen-bond acceptors (Lipinski definition) is 4. The number of aromatic amines is 1. The van der Waals surface area contributed by atoms with Crippen LogP contribution in [0, 0.1) is 5.82 Å². The number of fused-ring (bicyclic) bond motifs is 1. The van der Waals surface area contributed by atoms with Crippen LogP contribution >= 0.6 is 0 Å². The van der Waals surface area contributed by atoms with Gasteiger partial charge in [0, 0.05) is 11.8 Å². The quantitative estimate of drug-likeness (QED) is 0.721. The molecule has 0 aliphatic rings. The van der Waals surface area contributed by atoms with Gasteiger partial charge in [0.15, 0.2) is 0 Å². The summed E-state index contributed by atoms with van der Waals surface area (Å²) in [6, 6.07) is 6.41. The van der Waals surface area contributed by atoms with E-state index in [1.807, 2.05) is 0 Å². The lowest BCUT2D eigenvalue weighted by atomic mass is 10.2. The molecule has 0 saturated carbocycles. The molecule has 3 aromatic rings. The molecule has 0 aliphatic carbocycles. The molecule has 1 N–H and O–H groups in total. The summed E-state index contributed by atoms with van der Waals surface area (Å²) in [6.07, 6.45) is 1.52. The molecule has 18 heavy (non-hydrogen) atoms. The first-order valence-electron chi connectivity index (χ1n) is 5.26. The van der Waals surface area contributed by atoms with Crippen LogP contribution in [0.15, 0.2) is 35.3 Å². The number of rotatable bonds is 2. The molecular weight excluding hydrogens is 237 g/mol. The fourth-order valence-corrected chi connectivity index (χ4v) is 1.71. The smallest absolute Gasteiger partial charge is 0.267 e. The molecule has 2 aromatic heterocycles. The number of nitrogens with zero attached hydrogens (tertiary/aromatic N) is 4. The summed E-state index contributed by atoms with van der Waals surface area (Å²) in [5.74, 6) is -0.308. The zero-order valence-electron chi connectivity index (χ0n) is 9.17. The summed E-state index contributed by atoms with van der Waals surface area (Å²) in [4.78, 5) is 11.4. The minimum absolute atomic E-state index is 0.239. The van der Waals surface area contributed by atoms with Crippen LogP contribution in [-0.2, 0) is 6.54 Å². The highest BCUT2D eigenvalue weighted by molar-refractivity contribution is 5.71. The first kappa shape index (κ1) is 10.6. The molecule has 1 aromatic carbocycles. The second-order valence-electron chi connectivity index (χ2n) is 3.80. The minimum atomic E-state index is -0.361. The van der Waals surface area contributed by atoms with Crippen LogP contribution in [0.5, 0.6) is 0 Å². The second-order valence-corrected chi connectivity index (χ2v) is 3.80. The third kappa shape index (κ3) is 1.75. The molecule has 90 valence electrons. The molecule has 0 spiro atoms. The molecule has 3 rings (SSSR count). The molecule has 2 heterocycles. The first-order valence-corrected chi connectivity index (χ1v) is 5.26. The van der Waals surface area contributed by atoms with Gasteiger partial charge in [0.1, 0.15) is 11.2 Å². The molecule has 7 heteroatoms. The van der Waals surface area contributed by atoms with E-state index in [-0.39, 0.29) is 23.6 Å². The summed E-state index contributed by atoms with van der Waals surface area (Å²) in [7, 11) is 0. The van der Waals surface area contributed by atoms with Crippen molar-refractivity contribution in [3.05, 3.63) is 52.2 Å². The molecule has 0 amide bonds. The molecule has 0 bridgehead atoms. The lowest BCUT2D eigenvalue weighted by molar-refractivity contribution is 0.586. The molecule has 0 atom stereocenters. The van der Waals surface area contributed by atoms with Crippen molar-refractivity contribution >= 4 is 11.0 Å². The van der Waals surface area contributed by atoms with Crippen molar-refractivity contribution < 1.29 is 4.39 Å². The van der Waals surface area contributed by atoms with Gasteiger partial charge in [0.2, 0.25) is 5.65 Å². The molecule has 0 radical (unpaired) electrons. The number of nitrogens with one attached hydrogen (secondary N) is 1. The molecular formula is C11H8FN5O. The van der Waals surface area contributed by atoms with Crippen LogP contribution in [0.2, 0.25) is 0 Å². The van der Waals surface area contributed by atoms with E-state index < -0.39 is 0 Å². The number of hydrogen-bond donors (Lipinski definition) is 1. The maximum Gasteiger partial charge on any atom is 0.278 e. The highest BCUT2D eigenvalue weighted by Gasteiger charge is 2.08. The largest absolute Gasteiger partial charge is 0.278 e. The zero-order valence-corrected chi connectivity index (χ0v) is 9.17. The highest BCUT2D eigenvalue weighted by atomic mass is 19.1. The van der Waals surface area contributed by atoms with E-state index in [0.29, 0.717) is 10.9 Å².